The fourth-order valence-corrected chi connectivity index (χ4v) is 4.97. The normalized spacial score (nSPS) is 12.0. The minimum atomic E-state index is -0.402. The lowest BCUT2D eigenvalue weighted by Crippen LogP contribution is -2.32. The molecular formula is C17H15N3O2S3. The molecule has 3 heterocycles. The Balaban J connectivity index is 1.97. The van der Waals surface area contributed by atoms with E-state index in [4.69, 9.17) is 6.42 Å². The Morgan fingerprint density at radius 3 is 3.00 bits per heavy atom. The van der Waals surface area contributed by atoms with Crippen molar-refractivity contribution in [1.29, 1.82) is 0 Å². The number of carbonyl (C=O) groups is 1. The van der Waals surface area contributed by atoms with Crippen LogP contribution in [-0.4, -0.2) is 27.3 Å². The summed E-state index contributed by atoms with van der Waals surface area (Å²) >= 11 is 4.28. The van der Waals surface area contributed by atoms with E-state index in [9.17, 15) is 9.59 Å². The topological polar surface area (TPSA) is 64.0 Å². The molecule has 3 aromatic heterocycles. The Kier molecular flexibility index (Phi) is 5.27. The Morgan fingerprint density at radius 1 is 1.52 bits per heavy atom. The highest BCUT2D eigenvalue weighted by molar-refractivity contribution is 8.00. The first-order valence-electron chi connectivity index (χ1n) is 7.43. The number of hydrogen-bond donors (Lipinski definition) is 1. The van der Waals surface area contributed by atoms with Gasteiger partial charge in [-0.3, -0.25) is 14.2 Å². The summed E-state index contributed by atoms with van der Waals surface area (Å²) in [6, 6.07) is 3.95. The molecule has 5 nitrogen and oxygen atoms in total. The second-order valence-corrected chi connectivity index (χ2v) is 8.36. The van der Waals surface area contributed by atoms with Gasteiger partial charge >= 0.3 is 0 Å². The molecule has 0 aliphatic rings. The van der Waals surface area contributed by atoms with Crippen LogP contribution in [-0.2, 0) is 11.8 Å². The summed E-state index contributed by atoms with van der Waals surface area (Å²) in [6.07, 6.45) is 5.15. The first-order valence-corrected chi connectivity index (χ1v) is 10.1. The fraction of sp³-hybridized carbons (Fsp3) is 0.235. The summed E-state index contributed by atoms with van der Waals surface area (Å²) in [7, 11) is 1.68. The molecule has 0 aliphatic carbocycles. The van der Waals surface area contributed by atoms with Crippen molar-refractivity contribution in [1.82, 2.24) is 14.9 Å². The van der Waals surface area contributed by atoms with Crippen molar-refractivity contribution in [3.05, 3.63) is 33.2 Å². The van der Waals surface area contributed by atoms with E-state index >= 15 is 0 Å². The van der Waals surface area contributed by atoms with Gasteiger partial charge in [0, 0.05) is 22.9 Å². The molecule has 0 bridgehead atoms. The van der Waals surface area contributed by atoms with Crippen LogP contribution >= 0.6 is 34.4 Å². The van der Waals surface area contributed by atoms with Crippen LogP contribution in [0.2, 0.25) is 0 Å². The number of rotatable bonds is 5. The molecule has 128 valence electrons. The summed E-state index contributed by atoms with van der Waals surface area (Å²) < 4.78 is 1.50. The second-order valence-electron chi connectivity index (χ2n) is 5.25. The largest absolute Gasteiger partial charge is 0.344 e. The SMILES string of the molecule is C#CCNC(=O)C(C)Sc1nc2scc(-c3cccs3)c2c(=O)n1C. The van der Waals surface area contributed by atoms with Gasteiger partial charge < -0.3 is 5.32 Å². The van der Waals surface area contributed by atoms with Crippen LogP contribution in [0.25, 0.3) is 20.7 Å². The van der Waals surface area contributed by atoms with Crippen LogP contribution < -0.4 is 10.9 Å². The lowest BCUT2D eigenvalue weighted by Gasteiger charge is -2.12. The standard InChI is InChI=1S/C17H15N3O2S3/c1-4-7-18-14(21)10(2)25-17-19-15-13(16(22)20(17)3)11(9-24-15)12-6-5-8-23-12/h1,5-6,8-10H,7H2,2-3H3,(H,18,21). The van der Waals surface area contributed by atoms with Gasteiger partial charge in [-0.25, -0.2) is 4.98 Å². The zero-order chi connectivity index (χ0) is 18.0. The van der Waals surface area contributed by atoms with E-state index in [1.54, 1.807) is 25.3 Å². The van der Waals surface area contributed by atoms with Crippen LogP contribution in [0.4, 0.5) is 0 Å². The molecule has 0 spiro atoms. The van der Waals surface area contributed by atoms with Crippen LogP contribution in [0.5, 0.6) is 0 Å². The highest BCUT2D eigenvalue weighted by Gasteiger charge is 2.20. The van der Waals surface area contributed by atoms with Crippen LogP contribution in [0.15, 0.2) is 32.8 Å². The third kappa shape index (κ3) is 3.49. The molecule has 1 N–H and O–H groups in total. The van der Waals surface area contributed by atoms with Crippen molar-refractivity contribution in [2.24, 2.45) is 7.05 Å². The monoisotopic (exact) mass is 389 g/mol. The minimum absolute atomic E-state index is 0.103. The quantitative estimate of drug-likeness (QED) is 0.414. The summed E-state index contributed by atoms with van der Waals surface area (Å²) in [5.41, 5.74) is 0.813. The fourth-order valence-electron chi connectivity index (χ4n) is 2.27. The molecule has 3 rings (SSSR count). The maximum absolute atomic E-state index is 12.8. The van der Waals surface area contributed by atoms with Gasteiger partial charge in [0.1, 0.15) is 4.83 Å². The summed E-state index contributed by atoms with van der Waals surface area (Å²) in [5, 5.41) is 7.32. The second kappa shape index (κ2) is 7.44. The predicted molar refractivity (Wildman–Crippen MR) is 105 cm³/mol. The highest BCUT2D eigenvalue weighted by atomic mass is 32.2. The van der Waals surface area contributed by atoms with E-state index in [2.05, 4.69) is 16.2 Å². The van der Waals surface area contributed by atoms with Crippen molar-refractivity contribution in [2.75, 3.05) is 6.54 Å². The number of carbonyl (C=O) groups excluding carboxylic acids is 1. The van der Waals surface area contributed by atoms with Gasteiger partial charge in [-0.05, 0) is 18.4 Å². The lowest BCUT2D eigenvalue weighted by atomic mass is 10.2. The van der Waals surface area contributed by atoms with Gasteiger partial charge in [0.15, 0.2) is 5.16 Å². The maximum atomic E-state index is 12.8. The molecule has 0 fully saturated rings. The molecule has 1 atom stereocenters. The summed E-state index contributed by atoms with van der Waals surface area (Å²) in [4.78, 5) is 31.2. The molecule has 0 radical (unpaired) electrons. The number of terminal acetylenes is 1. The Hall–Kier alpha value is -2.08. The zero-order valence-electron chi connectivity index (χ0n) is 13.6. The summed E-state index contributed by atoms with van der Waals surface area (Å²) in [5.74, 6) is 2.19. The van der Waals surface area contributed by atoms with Crippen molar-refractivity contribution in [3.8, 4) is 22.8 Å². The molecule has 0 aromatic carbocycles. The van der Waals surface area contributed by atoms with Crippen LogP contribution in [0.3, 0.4) is 0 Å². The van der Waals surface area contributed by atoms with Gasteiger partial charge in [0.25, 0.3) is 5.56 Å². The third-order valence-electron chi connectivity index (χ3n) is 3.58. The molecule has 1 unspecified atom stereocenters. The third-order valence-corrected chi connectivity index (χ3v) is 6.50. The smallest absolute Gasteiger partial charge is 0.263 e. The number of amides is 1. The van der Waals surface area contributed by atoms with Gasteiger partial charge in [0.2, 0.25) is 5.91 Å². The Labute approximate surface area is 157 Å². The van der Waals surface area contributed by atoms with E-state index in [1.807, 2.05) is 22.9 Å². The van der Waals surface area contributed by atoms with Crippen LogP contribution in [0, 0.1) is 12.3 Å². The minimum Gasteiger partial charge on any atom is -0.344 e. The number of thiophene rings is 2. The van der Waals surface area contributed by atoms with Gasteiger partial charge in [0.05, 0.1) is 17.2 Å². The molecule has 0 saturated carbocycles. The molecule has 0 saturated heterocycles. The van der Waals surface area contributed by atoms with Crippen molar-refractivity contribution in [3.63, 3.8) is 0 Å². The first kappa shape index (κ1) is 17.7. The Morgan fingerprint density at radius 2 is 2.32 bits per heavy atom. The van der Waals surface area contributed by atoms with Gasteiger partial charge in [-0.15, -0.1) is 29.1 Å². The lowest BCUT2D eigenvalue weighted by molar-refractivity contribution is -0.120. The average molecular weight is 390 g/mol. The number of aromatic nitrogens is 2. The Bertz CT molecular complexity index is 1010. The van der Waals surface area contributed by atoms with Crippen molar-refractivity contribution >= 4 is 50.6 Å². The molecular weight excluding hydrogens is 374 g/mol. The number of thioether (sulfide) groups is 1. The average Bonchev–Trinajstić information content (AvgIpc) is 3.26. The predicted octanol–water partition coefficient (Wildman–Crippen LogP) is 2.95. The number of nitrogens with one attached hydrogen (secondary N) is 1. The highest BCUT2D eigenvalue weighted by Crippen LogP contribution is 2.34. The molecule has 0 aliphatic heterocycles. The molecule has 1 amide bonds. The first-order chi connectivity index (χ1) is 12.0. The van der Waals surface area contributed by atoms with Gasteiger partial charge in [-0.2, -0.15) is 0 Å². The van der Waals surface area contributed by atoms with Crippen LogP contribution in [0.1, 0.15) is 6.92 Å². The van der Waals surface area contributed by atoms with E-state index in [0.29, 0.717) is 15.4 Å². The molecule has 8 heteroatoms. The number of hydrogen-bond acceptors (Lipinski definition) is 6. The maximum Gasteiger partial charge on any atom is 0.263 e. The molecule has 25 heavy (non-hydrogen) atoms. The van der Waals surface area contributed by atoms with E-state index in [0.717, 1.165) is 10.4 Å². The summed E-state index contributed by atoms with van der Waals surface area (Å²) in [6.45, 7) is 1.95. The van der Waals surface area contributed by atoms with Gasteiger partial charge in [-0.1, -0.05) is 23.7 Å². The number of nitrogens with zero attached hydrogens (tertiary/aromatic N) is 2. The number of fused-ring (bicyclic) bond motifs is 1. The van der Waals surface area contributed by atoms with Crippen molar-refractivity contribution in [2.45, 2.75) is 17.3 Å². The van der Waals surface area contributed by atoms with Crippen molar-refractivity contribution < 1.29 is 4.79 Å². The zero-order valence-corrected chi connectivity index (χ0v) is 16.1. The molecule has 3 aromatic rings. The van der Waals surface area contributed by atoms with E-state index < -0.39 is 5.25 Å². The van der Waals surface area contributed by atoms with E-state index in [1.165, 1.54) is 27.7 Å². The van der Waals surface area contributed by atoms with E-state index in [-0.39, 0.29) is 18.0 Å².